The highest BCUT2D eigenvalue weighted by molar-refractivity contribution is 6.65. The van der Waals surface area contributed by atoms with Crippen LogP contribution >= 0.6 is 23.2 Å². The minimum Gasteiger partial charge on any atom is -0.280 e. The monoisotopic (exact) mass is 234 g/mol. The molecule has 76 valence electrons. The van der Waals surface area contributed by atoms with Crippen LogP contribution in [0.5, 0.6) is 0 Å². The fourth-order valence-electron chi connectivity index (χ4n) is 1.10. The number of hydrogen-bond acceptors (Lipinski definition) is 1. The molecule has 0 aliphatic heterocycles. The van der Waals surface area contributed by atoms with Crippen LogP contribution in [0.15, 0.2) is 18.2 Å². The molecule has 0 fully saturated rings. The quantitative estimate of drug-likeness (QED) is 0.716. The Hall–Kier alpha value is -0.600. The van der Waals surface area contributed by atoms with E-state index in [-0.39, 0.29) is 5.56 Å². The van der Waals surface area contributed by atoms with Crippen molar-refractivity contribution < 1.29 is 9.18 Å². The van der Waals surface area contributed by atoms with Gasteiger partial charge in [-0.25, -0.2) is 4.39 Å². The van der Waals surface area contributed by atoms with Crippen LogP contribution in [0.1, 0.15) is 19.4 Å². The van der Waals surface area contributed by atoms with Gasteiger partial charge in [0.2, 0.25) is 5.24 Å². The molecule has 0 amide bonds. The number of carbonyl (C=O) groups is 1. The van der Waals surface area contributed by atoms with Gasteiger partial charge >= 0.3 is 0 Å². The zero-order chi connectivity index (χ0) is 10.9. The van der Waals surface area contributed by atoms with Crippen LogP contribution in [0, 0.1) is 5.82 Å². The van der Waals surface area contributed by atoms with Gasteiger partial charge in [0.05, 0.1) is 5.41 Å². The van der Waals surface area contributed by atoms with Gasteiger partial charge in [0.1, 0.15) is 5.82 Å². The molecule has 0 heterocycles. The average Bonchev–Trinajstić information content (AvgIpc) is 2.02. The van der Waals surface area contributed by atoms with Gasteiger partial charge in [-0.15, -0.1) is 0 Å². The molecule has 0 radical (unpaired) electrons. The smallest absolute Gasteiger partial charge is 0.231 e. The first-order chi connectivity index (χ1) is 6.35. The second-order valence-electron chi connectivity index (χ2n) is 3.52. The first-order valence-corrected chi connectivity index (χ1v) is 4.77. The Morgan fingerprint density at radius 3 is 2.43 bits per heavy atom. The molecule has 1 rings (SSSR count). The summed E-state index contributed by atoms with van der Waals surface area (Å²) in [7, 11) is 0. The molecule has 0 aliphatic carbocycles. The summed E-state index contributed by atoms with van der Waals surface area (Å²) in [4.78, 5) is 11.1. The summed E-state index contributed by atoms with van der Waals surface area (Å²) in [6, 6.07) is 4.16. The highest BCUT2D eigenvalue weighted by Crippen LogP contribution is 2.29. The van der Waals surface area contributed by atoms with Crippen molar-refractivity contribution in [2.75, 3.05) is 0 Å². The maximum Gasteiger partial charge on any atom is 0.231 e. The van der Waals surface area contributed by atoms with E-state index >= 15 is 0 Å². The van der Waals surface area contributed by atoms with Gasteiger partial charge in [-0.05, 0) is 37.6 Å². The standard InChI is InChI=1S/C10H9Cl2FO/c1-10(2,9(12)14)7-4-3-6(11)5-8(7)13/h3-5H,1-2H3. The zero-order valence-electron chi connectivity index (χ0n) is 7.77. The van der Waals surface area contributed by atoms with Crippen LogP contribution in [0.2, 0.25) is 5.02 Å². The summed E-state index contributed by atoms with van der Waals surface area (Å²) in [5, 5.41) is -0.303. The topological polar surface area (TPSA) is 17.1 Å². The minimum atomic E-state index is -1.03. The molecule has 1 aromatic carbocycles. The first-order valence-electron chi connectivity index (χ1n) is 4.01. The predicted octanol–water partition coefficient (Wildman–Crippen LogP) is 3.52. The molecule has 1 nitrogen and oxygen atoms in total. The van der Waals surface area contributed by atoms with E-state index in [0.29, 0.717) is 5.02 Å². The molecule has 0 aromatic heterocycles. The van der Waals surface area contributed by atoms with E-state index < -0.39 is 16.5 Å². The molecular weight excluding hydrogens is 226 g/mol. The van der Waals surface area contributed by atoms with Gasteiger partial charge in [-0.3, -0.25) is 4.79 Å². The maximum absolute atomic E-state index is 13.4. The number of rotatable bonds is 2. The van der Waals surface area contributed by atoms with Gasteiger partial charge in [0, 0.05) is 10.6 Å². The van der Waals surface area contributed by atoms with Crippen molar-refractivity contribution in [3.05, 3.63) is 34.6 Å². The Balaban J connectivity index is 3.26. The molecule has 0 bridgehead atoms. The minimum absolute atomic E-state index is 0.252. The Morgan fingerprint density at radius 1 is 1.43 bits per heavy atom. The lowest BCUT2D eigenvalue weighted by Gasteiger charge is -2.20. The third-order valence-corrected chi connectivity index (χ3v) is 2.80. The Morgan fingerprint density at radius 2 is 2.00 bits per heavy atom. The van der Waals surface area contributed by atoms with Crippen LogP contribution in [-0.4, -0.2) is 5.24 Å². The normalized spacial score (nSPS) is 11.5. The van der Waals surface area contributed by atoms with E-state index in [1.54, 1.807) is 13.8 Å². The van der Waals surface area contributed by atoms with E-state index in [1.165, 1.54) is 18.2 Å². The van der Waals surface area contributed by atoms with Gasteiger partial charge in [0.25, 0.3) is 0 Å². The van der Waals surface area contributed by atoms with Gasteiger partial charge in [0.15, 0.2) is 0 Å². The Bertz CT molecular complexity index is 374. The van der Waals surface area contributed by atoms with Crippen molar-refractivity contribution >= 4 is 28.4 Å². The molecule has 0 unspecified atom stereocenters. The first kappa shape index (κ1) is 11.5. The lowest BCUT2D eigenvalue weighted by molar-refractivity contribution is -0.115. The number of benzene rings is 1. The predicted molar refractivity (Wildman–Crippen MR) is 55.3 cm³/mol. The van der Waals surface area contributed by atoms with Crippen molar-refractivity contribution in [3.63, 3.8) is 0 Å². The molecule has 0 saturated heterocycles. The summed E-state index contributed by atoms with van der Waals surface area (Å²) in [6.45, 7) is 3.13. The van der Waals surface area contributed by atoms with Crippen molar-refractivity contribution in [2.45, 2.75) is 19.3 Å². The van der Waals surface area contributed by atoms with Gasteiger partial charge in [-0.2, -0.15) is 0 Å². The summed E-state index contributed by atoms with van der Waals surface area (Å²) >= 11 is 11.0. The van der Waals surface area contributed by atoms with Gasteiger partial charge < -0.3 is 0 Å². The fourth-order valence-corrected chi connectivity index (χ4v) is 1.36. The van der Waals surface area contributed by atoms with E-state index in [4.69, 9.17) is 23.2 Å². The van der Waals surface area contributed by atoms with Crippen LogP contribution in [0.4, 0.5) is 4.39 Å². The second-order valence-corrected chi connectivity index (χ2v) is 4.30. The van der Waals surface area contributed by atoms with Crippen molar-refractivity contribution in [2.24, 2.45) is 0 Å². The Kier molecular flexibility index (Phi) is 3.17. The highest BCUT2D eigenvalue weighted by atomic mass is 35.5. The summed E-state index contributed by atoms with van der Waals surface area (Å²) in [6.07, 6.45) is 0. The SMILES string of the molecule is CC(C)(C(=O)Cl)c1ccc(Cl)cc1F. The Labute approximate surface area is 91.8 Å². The number of carbonyl (C=O) groups excluding carboxylic acids is 1. The number of halogens is 3. The van der Waals surface area contributed by atoms with E-state index in [1.807, 2.05) is 0 Å². The van der Waals surface area contributed by atoms with Crippen LogP contribution in [0.3, 0.4) is 0 Å². The van der Waals surface area contributed by atoms with E-state index in [9.17, 15) is 9.18 Å². The summed E-state index contributed by atoms with van der Waals surface area (Å²) < 4.78 is 13.4. The molecule has 0 saturated carbocycles. The molecule has 0 spiro atoms. The largest absolute Gasteiger partial charge is 0.280 e. The summed E-state index contributed by atoms with van der Waals surface area (Å²) in [5.74, 6) is -0.517. The van der Waals surface area contributed by atoms with Crippen molar-refractivity contribution in [3.8, 4) is 0 Å². The molecule has 4 heteroatoms. The lowest BCUT2D eigenvalue weighted by atomic mass is 9.86. The molecular formula is C10H9Cl2FO. The summed E-state index contributed by atoms with van der Waals surface area (Å²) in [5.41, 5.74) is -0.780. The average molecular weight is 235 g/mol. The van der Waals surface area contributed by atoms with Crippen molar-refractivity contribution in [1.29, 1.82) is 0 Å². The molecule has 0 atom stereocenters. The van der Waals surface area contributed by atoms with E-state index in [0.717, 1.165) is 0 Å². The molecule has 1 aromatic rings. The highest BCUT2D eigenvalue weighted by Gasteiger charge is 2.30. The zero-order valence-corrected chi connectivity index (χ0v) is 9.29. The molecule has 14 heavy (non-hydrogen) atoms. The fraction of sp³-hybridized carbons (Fsp3) is 0.300. The van der Waals surface area contributed by atoms with Crippen LogP contribution in [0.25, 0.3) is 0 Å². The third kappa shape index (κ3) is 2.07. The third-order valence-electron chi connectivity index (χ3n) is 2.10. The van der Waals surface area contributed by atoms with E-state index in [2.05, 4.69) is 0 Å². The molecule has 0 N–H and O–H groups in total. The lowest BCUT2D eigenvalue weighted by Crippen LogP contribution is -2.26. The van der Waals surface area contributed by atoms with Crippen molar-refractivity contribution in [1.82, 2.24) is 0 Å². The number of hydrogen-bond donors (Lipinski definition) is 0. The van der Waals surface area contributed by atoms with Crippen LogP contribution in [-0.2, 0) is 10.2 Å². The van der Waals surface area contributed by atoms with Crippen LogP contribution < -0.4 is 0 Å². The molecule has 0 aliphatic rings. The maximum atomic E-state index is 13.4. The second kappa shape index (κ2) is 3.87. The van der Waals surface area contributed by atoms with Gasteiger partial charge in [-0.1, -0.05) is 17.7 Å².